The number of carbonyl (C=O) groups is 1. The minimum atomic E-state index is -0.486. The number of hydrogen-bond donors (Lipinski definition) is 1. The standard InChI is InChI=1S/C17H17N3O3/c1-9-5-6-12(7-10(9)2)15-18-16(21)14-11(3)13(17(22)23-4)8-20(14)19-15/h5-8H,1-4H3,(H,18,19,21). The summed E-state index contributed by atoms with van der Waals surface area (Å²) in [5, 5.41) is 4.43. The van der Waals surface area contributed by atoms with E-state index in [0.717, 1.165) is 11.1 Å². The van der Waals surface area contributed by atoms with Crippen LogP contribution >= 0.6 is 0 Å². The molecule has 0 spiro atoms. The van der Waals surface area contributed by atoms with Crippen LogP contribution in [0.3, 0.4) is 0 Å². The number of fused-ring (bicyclic) bond motifs is 1. The summed E-state index contributed by atoms with van der Waals surface area (Å²) in [6.45, 7) is 5.73. The molecule has 23 heavy (non-hydrogen) atoms. The molecule has 1 aromatic carbocycles. The molecule has 0 fully saturated rings. The second-order valence-electron chi connectivity index (χ2n) is 5.55. The molecule has 6 heteroatoms. The first-order valence-corrected chi connectivity index (χ1v) is 7.20. The summed E-state index contributed by atoms with van der Waals surface area (Å²) >= 11 is 0. The first-order valence-electron chi connectivity index (χ1n) is 7.20. The van der Waals surface area contributed by atoms with Crippen LogP contribution in [0.4, 0.5) is 0 Å². The van der Waals surface area contributed by atoms with Gasteiger partial charge in [-0.2, -0.15) is 0 Å². The highest BCUT2D eigenvalue weighted by atomic mass is 16.5. The number of benzene rings is 1. The quantitative estimate of drug-likeness (QED) is 0.737. The molecule has 118 valence electrons. The van der Waals surface area contributed by atoms with Gasteiger partial charge in [0.2, 0.25) is 0 Å². The average molecular weight is 311 g/mol. The molecule has 0 aliphatic rings. The maximum atomic E-state index is 12.4. The normalized spacial score (nSPS) is 11.0. The number of esters is 1. The minimum absolute atomic E-state index is 0.291. The van der Waals surface area contributed by atoms with Crippen LogP contribution in [0.15, 0.2) is 29.2 Å². The van der Waals surface area contributed by atoms with Crippen LogP contribution in [-0.2, 0) is 4.74 Å². The van der Waals surface area contributed by atoms with E-state index >= 15 is 0 Å². The summed E-state index contributed by atoms with van der Waals surface area (Å²) in [6, 6.07) is 5.86. The van der Waals surface area contributed by atoms with Crippen molar-refractivity contribution in [2.75, 3.05) is 7.11 Å². The van der Waals surface area contributed by atoms with Crippen LogP contribution in [0, 0.1) is 20.8 Å². The average Bonchev–Trinajstić information content (AvgIpc) is 2.86. The van der Waals surface area contributed by atoms with E-state index in [4.69, 9.17) is 4.74 Å². The van der Waals surface area contributed by atoms with E-state index in [1.807, 2.05) is 32.0 Å². The maximum Gasteiger partial charge on any atom is 0.339 e. The van der Waals surface area contributed by atoms with Gasteiger partial charge in [-0.3, -0.25) is 4.79 Å². The number of H-pyrrole nitrogens is 1. The Labute approximate surface area is 132 Å². The maximum absolute atomic E-state index is 12.4. The third kappa shape index (κ3) is 2.42. The fraction of sp³-hybridized carbons (Fsp3) is 0.235. The molecule has 0 bridgehead atoms. The Balaban J connectivity index is 2.23. The SMILES string of the molecule is COC(=O)c1cn2nc(-c3ccc(C)c(C)c3)[nH]c(=O)c2c1C. The molecule has 0 saturated carbocycles. The van der Waals surface area contributed by atoms with E-state index in [2.05, 4.69) is 10.1 Å². The van der Waals surface area contributed by atoms with Crippen molar-refractivity contribution in [3.63, 3.8) is 0 Å². The molecule has 0 aliphatic carbocycles. The second kappa shape index (κ2) is 5.39. The number of hydrogen-bond acceptors (Lipinski definition) is 4. The molecule has 0 aliphatic heterocycles. The summed E-state index contributed by atoms with van der Waals surface area (Å²) in [5.41, 5.74) is 4.04. The van der Waals surface area contributed by atoms with Gasteiger partial charge < -0.3 is 9.72 Å². The van der Waals surface area contributed by atoms with Crippen LogP contribution in [0.1, 0.15) is 27.0 Å². The van der Waals surface area contributed by atoms with E-state index < -0.39 is 5.97 Å². The van der Waals surface area contributed by atoms with Gasteiger partial charge in [0.15, 0.2) is 5.82 Å². The van der Waals surface area contributed by atoms with Gasteiger partial charge in [-0.05, 0) is 43.5 Å². The number of carbonyl (C=O) groups excluding carboxylic acids is 1. The van der Waals surface area contributed by atoms with E-state index in [1.165, 1.54) is 23.4 Å². The lowest BCUT2D eigenvalue weighted by atomic mass is 10.1. The van der Waals surface area contributed by atoms with Crippen molar-refractivity contribution in [3.05, 3.63) is 57.0 Å². The van der Waals surface area contributed by atoms with Crippen molar-refractivity contribution in [2.45, 2.75) is 20.8 Å². The summed E-state index contributed by atoms with van der Waals surface area (Å²) in [7, 11) is 1.31. The smallest absolute Gasteiger partial charge is 0.339 e. The van der Waals surface area contributed by atoms with Gasteiger partial charge in [-0.1, -0.05) is 12.1 Å². The van der Waals surface area contributed by atoms with Gasteiger partial charge in [0.25, 0.3) is 5.56 Å². The van der Waals surface area contributed by atoms with Gasteiger partial charge in [0.1, 0.15) is 5.52 Å². The first-order chi connectivity index (χ1) is 10.9. The molecule has 0 saturated heterocycles. The van der Waals surface area contributed by atoms with Crippen LogP contribution < -0.4 is 5.56 Å². The first kappa shape index (κ1) is 15.0. The molecule has 0 radical (unpaired) electrons. The predicted octanol–water partition coefficient (Wildman–Crippen LogP) is 2.40. The number of methoxy groups -OCH3 is 1. The molecule has 2 aromatic heterocycles. The van der Waals surface area contributed by atoms with Crippen molar-refractivity contribution in [1.29, 1.82) is 0 Å². The number of aryl methyl sites for hydroxylation is 3. The molecular weight excluding hydrogens is 294 g/mol. The van der Waals surface area contributed by atoms with Crippen LogP contribution in [0.2, 0.25) is 0 Å². The molecule has 2 heterocycles. The summed E-state index contributed by atoms with van der Waals surface area (Å²) < 4.78 is 6.17. The Morgan fingerprint density at radius 3 is 2.61 bits per heavy atom. The molecule has 0 atom stereocenters. The highest BCUT2D eigenvalue weighted by molar-refractivity contribution is 5.93. The molecule has 1 N–H and O–H groups in total. The molecule has 3 aromatic rings. The highest BCUT2D eigenvalue weighted by Gasteiger charge is 2.18. The molecular formula is C17H17N3O3. The van der Waals surface area contributed by atoms with Crippen LogP contribution in [0.5, 0.6) is 0 Å². The van der Waals surface area contributed by atoms with E-state index in [9.17, 15) is 9.59 Å². The van der Waals surface area contributed by atoms with Crippen molar-refractivity contribution in [1.82, 2.24) is 14.6 Å². The lowest BCUT2D eigenvalue weighted by Crippen LogP contribution is -2.14. The predicted molar refractivity (Wildman–Crippen MR) is 86.8 cm³/mol. The Bertz CT molecular complexity index is 983. The van der Waals surface area contributed by atoms with Gasteiger partial charge in [0.05, 0.1) is 12.7 Å². The molecule has 6 nitrogen and oxygen atoms in total. The third-order valence-electron chi connectivity index (χ3n) is 4.08. The highest BCUT2D eigenvalue weighted by Crippen LogP contribution is 2.20. The third-order valence-corrected chi connectivity index (χ3v) is 4.08. The Morgan fingerprint density at radius 2 is 1.96 bits per heavy atom. The van der Waals surface area contributed by atoms with Crippen molar-refractivity contribution >= 4 is 11.5 Å². The van der Waals surface area contributed by atoms with Crippen molar-refractivity contribution in [3.8, 4) is 11.4 Å². The zero-order valence-corrected chi connectivity index (χ0v) is 13.4. The topological polar surface area (TPSA) is 76.5 Å². The van der Waals surface area contributed by atoms with E-state index in [1.54, 1.807) is 6.92 Å². The lowest BCUT2D eigenvalue weighted by molar-refractivity contribution is 0.0600. The van der Waals surface area contributed by atoms with Gasteiger partial charge in [-0.25, -0.2) is 9.31 Å². The summed E-state index contributed by atoms with van der Waals surface area (Å²) in [5.74, 6) is -0.0304. The van der Waals surface area contributed by atoms with Gasteiger partial charge in [-0.15, -0.1) is 5.10 Å². The van der Waals surface area contributed by atoms with Crippen molar-refractivity contribution < 1.29 is 9.53 Å². The monoisotopic (exact) mass is 311 g/mol. The van der Waals surface area contributed by atoms with Gasteiger partial charge >= 0.3 is 5.97 Å². The fourth-order valence-electron chi connectivity index (χ4n) is 2.57. The second-order valence-corrected chi connectivity index (χ2v) is 5.55. The van der Waals surface area contributed by atoms with Gasteiger partial charge in [0, 0.05) is 11.8 Å². The minimum Gasteiger partial charge on any atom is -0.465 e. The number of aromatic nitrogens is 3. The fourth-order valence-corrected chi connectivity index (χ4v) is 2.57. The number of ether oxygens (including phenoxy) is 1. The van der Waals surface area contributed by atoms with Crippen LogP contribution in [-0.4, -0.2) is 27.7 Å². The Morgan fingerprint density at radius 1 is 1.22 bits per heavy atom. The zero-order chi connectivity index (χ0) is 16.7. The molecule has 3 rings (SSSR count). The Hall–Kier alpha value is -2.89. The number of nitrogens with zero attached hydrogens (tertiary/aromatic N) is 2. The number of aromatic amines is 1. The number of rotatable bonds is 2. The molecule has 0 unspecified atom stereocenters. The summed E-state index contributed by atoms with van der Waals surface area (Å²) in [6.07, 6.45) is 1.52. The molecule has 0 amide bonds. The largest absolute Gasteiger partial charge is 0.465 e. The summed E-state index contributed by atoms with van der Waals surface area (Å²) in [4.78, 5) is 27.0. The zero-order valence-electron chi connectivity index (χ0n) is 13.4. The Kier molecular flexibility index (Phi) is 3.52. The number of nitrogens with one attached hydrogen (secondary N) is 1. The van der Waals surface area contributed by atoms with E-state index in [-0.39, 0.29) is 5.56 Å². The van der Waals surface area contributed by atoms with E-state index in [0.29, 0.717) is 22.5 Å². The lowest BCUT2D eigenvalue weighted by Gasteiger charge is -2.05. The van der Waals surface area contributed by atoms with Crippen LogP contribution in [0.25, 0.3) is 16.9 Å². The van der Waals surface area contributed by atoms with Crippen molar-refractivity contribution in [2.24, 2.45) is 0 Å².